The second-order valence-corrected chi connectivity index (χ2v) is 9.57. The largest absolute Gasteiger partial charge is 0.497 e. The van der Waals surface area contributed by atoms with Gasteiger partial charge in [-0.25, -0.2) is 13.1 Å². The van der Waals surface area contributed by atoms with Gasteiger partial charge in [-0.1, -0.05) is 17.4 Å². The van der Waals surface area contributed by atoms with Gasteiger partial charge in [-0.3, -0.25) is 4.79 Å². The first kappa shape index (κ1) is 24.4. The number of anilines is 1. The zero-order valence-corrected chi connectivity index (χ0v) is 20.0. The highest BCUT2D eigenvalue weighted by atomic mass is 32.2. The van der Waals surface area contributed by atoms with Gasteiger partial charge < -0.3 is 19.5 Å². The molecule has 33 heavy (non-hydrogen) atoms. The minimum atomic E-state index is -3.73. The van der Waals surface area contributed by atoms with Crippen molar-refractivity contribution in [2.24, 2.45) is 0 Å². The van der Waals surface area contributed by atoms with Crippen LogP contribution in [-0.4, -0.2) is 52.4 Å². The molecule has 0 aliphatic rings. The van der Waals surface area contributed by atoms with Gasteiger partial charge in [-0.05, 0) is 42.0 Å². The minimum Gasteiger partial charge on any atom is -0.497 e. The molecule has 2 aromatic carbocycles. The Bertz CT molecular complexity index is 1200. The van der Waals surface area contributed by atoms with Crippen LogP contribution in [0.4, 0.5) is 5.13 Å². The molecular weight excluding hydrogens is 468 g/mol. The fraction of sp³-hybridized carbons (Fsp3) is 0.286. The average molecular weight is 493 g/mol. The van der Waals surface area contributed by atoms with Crippen molar-refractivity contribution in [3.8, 4) is 17.2 Å². The van der Waals surface area contributed by atoms with Crippen molar-refractivity contribution in [2.45, 2.75) is 17.7 Å². The number of methoxy groups -OCH3 is 3. The van der Waals surface area contributed by atoms with Crippen molar-refractivity contribution in [3.63, 3.8) is 0 Å². The van der Waals surface area contributed by atoms with E-state index >= 15 is 0 Å². The Morgan fingerprint density at radius 2 is 1.70 bits per heavy atom. The fourth-order valence-corrected chi connectivity index (χ4v) is 4.68. The standard InChI is InChI=1S/C21H24N4O6S2/c1-29-15-5-7-16(8-6-15)33(27,28)22-11-10-19(26)23-21-25-24-20(32-21)13-14-4-9-17(30-2)18(12-14)31-3/h4-9,12,22H,10-11,13H2,1-3H3,(H,23,25,26). The fourth-order valence-electron chi connectivity index (χ4n) is 2.86. The molecule has 1 amide bonds. The second-order valence-electron chi connectivity index (χ2n) is 6.74. The predicted octanol–water partition coefficient (Wildman–Crippen LogP) is 2.46. The number of benzene rings is 2. The van der Waals surface area contributed by atoms with Crippen LogP contribution in [0.15, 0.2) is 47.4 Å². The number of carbonyl (C=O) groups excluding carboxylic acids is 1. The highest BCUT2D eigenvalue weighted by Crippen LogP contribution is 2.29. The third-order valence-electron chi connectivity index (χ3n) is 4.53. The van der Waals surface area contributed by atoms with E-state index in [1.54, 1.807) is 26.4 Å². The van der Waals surface area contributed by atoms with Gasteiger partial charge in [-0.2, -0.15) is 0 Å². The number of nitrogens with zero attached hydrogens (tertiary/aromatic N) is 2. The van der Waals surface area contributed by atoms with Crippen molar-refractivity contribution in [3.05, 3.63) is 53.0 Å². The smallest absolute Gasteiger partial charge is 0.240 e. The molecule has 2 N–H and O–H groups in total. The van der Waals surface area contributed by atoms with Crippen molar-refractivity contribution >= 4 is 32.4 Å². The Kier molecular flexibility index (Phi) is 8.20. The molecule has 0 atom stereocenters. The highest BCUT2D eigenvalue weighted by molar-refractivity contribution is 7.89. The number of sulfonamides is 1. The summed E-state index contributed by atoms with van der Waals surface area (Å²) in [6.07, 6.45) is 0.454. The summed E-state index contributed by atoms with van der Waals surface area (Å²) < 4.78 is 42.6. The average Bonchev–Trinajstić information content (AvgIpc) is 3.25. The third kappa shape index (κ3) is 6.63. The van der Waals surface area contributed by atoms with Gasteiger partial charge in [0, 0.05) is 19.4 Å². The molecule has 0 aliphatic heterocycles. The topological polar surface area (TPSA) is 129 Å². The molecule has 0 spiro atoms. The SMILES string of the molecule is COc1ccc(S(=O)(=O)NCCC(=O)Nc2nnc(Cc3ccc(OC)c(OC)c3)s2)cc1. The lowest BCUT2D eigenvalue weighted by molar-refractivity contribution is -0.116. The molecule has 3 aromatic rings. The quantitative estimate of drug-likeness (QED) is 0.418. The van der Waals surface area contributed by atoms with Gasteiger partial charge in [0.15, 0.2) is 11.5 Å². The number of amides is 1. The summed E-state index contributed by atoms with van der Waals surface area (Å²) in [5.41, 5.74) is 0.953. The first-order chi connectivity index (χ1) is 15.8. The lowest BCUT2D eigenvalue weighted by atomic mass is 10.1. The van der Waals surface area contributed by atoms with E-state index in [4.69, 9.17) is 14.2 Å². The van der Waals surface area contributed by atoms with E-state index < -0.39 is 10.0 Å². The molecule has 0 fully saturated rings. The molecule has 176 valence electrons. The summed E-state index contributed by atoms with van der Waals surface area (Å²) in [6, 6.07) is 11.5. The lowest BCUT2D eigenvalue weighted by Crippen LogP contribution is -2.27. The van der Waals surface area contributed by atoms with Crippen molar-refractivity contribution in [1.29, 1.82) is 0 Å². The minimum absolute atomic E-state index is 0.0556. The highest BCUT2D eigenvalue weighted by Gasteiger charge is 2.15. The summed E-state index contributed by atoms with van der Waals surface area (Å²) in [5.74, 6) is 1.43. The van der Waals surface area contributed by atoms with E-state index in [0.717, 1.165) is 5.56 Å². The lowest BCUT2D eigenvalue weighted by Gasteiger charge is -2.08. The second kappa shape index (κ2) is 11.1. The normalized spacial score (nSPS) is 11.1. The van der Waals surface area contributed by atoms with E-state index in [1.165, 1.54) is 30.6 Å². The van der Waals surface area contributed by atoms with Crippen LogP contribution in [0.5, 0.6) is 17.2 Å². The maximum Gasteiger partial charge on any atom is 0.240 e. The molecule has 12 heteroatoms. The molecule has 0 unspecified atom stereocenters. The summed E-state index contributed by atoms with van der Waals surface area (Å²) >= 11 is 1.24. The van der Waals surface area contributed by atoms with E-state index in [9.17, 15) is 13.2 Å². The van der Waals surface area contributed by atoms with Crippen LogP contribution in [0, 0.1) is 0 Å². The Balaban J connectivity index is 1.50. The van der Waals surface area contributed by atoms with Crippen molar-refractivity contribution < 1.29 is 27.4 Å². The molecule has 0 saturated carbocycles. The van der Waals surface area contributed by atoms with Crippen LogP contribution in [0.1, 0.15) is 17.0 Å². The van der Waals surface area contributed by atoms with Crippen molar-refractivity contribution in [1.82, 2.24) is 14.9 Å². The van der Waals surface area contributed by atoms with Crippen molar-refractivity contribution in [2.75, 3.05) is 33.2 Å². The Hall–Kier alpha value is -3.22. The molecule has 10 nitrogen and oxygen atoms in total. The number of carbonyl (C=O) groups is 1. The zero-order valence-electron chi connectivity index (χ0n) is 18.3. The molecule has 0 aliphatic carbocycles. The predicted molar refractivity (Wildman–Crippen MR) is 124 cm³/mol. The van der Waals surface area contributed by atoms with Gasteiger partial charge in [0.25, 0.3) is 0 Å². The molecule has 1 heterocycles. The first-order valence-electron chi connectivity index (χ1n) is 9.81. The maximum atomic E-state index is 12.3. The molecule has 0 radical (unpaired) electrons. The van der Waals surface area contributed by atoms with Crippen LogP contribution in [0.25, 0.3) is 0 Å². The zero-order chi connectivity index (χ0) is 23.8. The summed E-state index contributed by atoms with van der Waals surface area (Å²) in [7, 11) is 0.910. The third-order valence-corrected chi connectivity index (χ3v) is 6.85. The number of aromatic nitrogens is 2. The number of nitrogens with one attached hydrogen (secondary N) is 2. The number of hydrogen-bond donors (Lipinski definition) is 2. The molecule has 0 bridgehead atoms. The van der Waals surface area contributed by atoms with E-state index in [0.29, 0.717) is 33.8 Å². The van der Waals surface area contributed by atoms with Gasteiger partial charge >= 0.3 is 0 Å². The van der Waals surface area contributed by atoms with Gasteiger partial charge in [-0.15, -0.1) is 10.2 Å². The summed E-state index contributed by atoms with van der Waals surface area (Å²) in [4.78, 5) is 12.3. The molecule has 3 rings (SSSR count). The number of ether oxygens (including phenoxy) is 3. The Morgan fingerprint density at radius 1 is 0.970 bits per heavy atom. The van der Waals surface area contributed by atoms with Crippen LogP contribution >= 0.6 is 11.3 Å². The summed E-state index contributed by atoms with van der Waals surface area (Å²) in [6.45, 7) is -0.0580. The molecular formula is C21H24N4O6S2. The molecule has 1 aromatic heterocycles. The number of rotatable bonds is 11. The van der Waals surface area contributed by atoms with E-state index in [1.807, 2.05) is 18.2 Å². The van der Waals surface area contributed by atoms with E-state index in [-0.39, 0.29) is 23.8 Å². The molecule has 0 saturated heterocycles. The maximum absolute atomic E-state index is 12.3. The van der Waals surface area contributed by atoms with Gasteiger partial charge in [0.1, 0.15) is 10.8 Å². The van der Waals surface area contributed by atoms with Crippen LogP contribution in [-0.2, 0) is 21.2 Å². The Morgan fingerprint density at radius 3 is 2.36 bits per heavy atom. The number of hydrogen-bond acceptors (Lipinski definition) is 9. The van der Waals surface area contributed by atoms with Gasteiger partial charge in [0.05, 0.1) is 26.2 Å². The Labute approximate surface area is 196 Å². The van der Waals surface area contributed by atoms with Crippen LogP contribution in [0.2, 0.25) is 0 Å². The summed E-state index contributed by atoms with van der Waals surface area (Å²) in [5, 5.41) is 11.8. The van der Waals surface area contributed by atoms with E-state index in [2.05, 4.69) is 20.2 Å². The van der Waals surface area contributed by atoms with Gasteiger partial charge in [0.2, 0.25) is 21.1 Å². The van der Waals surface area contributed by atoms with Crippen LogP contribution in [0.3, 0.4) is 0 Å². The first-order valence-corrected chi connectivity index (χ1v) is 12.1. The monoisotopic (exact) mass is 492 g/mol. The van der Waals surface area contributed by atoms with Crippen LogP contribution < -0.4 is 24.2 Å².